The molecule has 0 radical (unpaired) electrons. The number of piperidine rings is 1. The van der Waals surface area contributed by atoms with Gasteiger partial charge in [0.05, 0.1) is 36.2 Å². The van der Waals surface area contributed by atoms with E-state index in [0.717, 1.165) is 12.1 Å². The maximum Gasteiger partial charge on any atom is 0.273 e. The summed E-state index contributed by atoms with van der Waals surface area (Å²) in [5.74, 6) is -2.90. The summed E-state index contributed by atoms with van der Waals surface area (Å²) in [6.07, 6.45) is -0.752. The van der Waals surface area contributed by atoms with E-state index in [2.05, 4.69) is 0 Å². The molecular formula is C21H23F2N3O9. The van der Waals surface area contributed by atoms with Gasteiger partial charge in [-0.25, -0.2) is 8.78 Å². The number of alkyl halides is 2. The molecule has 1 aliphatic heterocycles. The summed E-state index contributed by atoms with van der Waals surface area (Å²) < 4.78 is 41.1. The van der Waals surface area contributed by atoms with Crippen molar-refractivity contribution in [3.63, 3.8) is 0 Å². The highest BCUT2D eigenvalue weighted by atomic mass is 19.3. The number of ether oxygens (including phenoxy) is 3. The van der Waals surface area contributed by atoms with Crippen molar-refractivity contribution in [2.75, 3.05) is 33.9 Å². The fourth-order valence-corrected chi connectivity index (χ4v) is 3.00. The van der Waals surface area contributed by atoms with Crippen LogP contribution in [-0.4, -0.2) is 65.6 Å². The smallest absolute Gasteiger partial charge is 0.273 e. The van der Waals surface area contributed by atoms with Crippen LogP contribution in [0.15, 0.2) is 36.4 Å². The number of methoxy groups -OCH3 is 2. The number of nitro groups is 2. The fourth-order valence-electron chi connectivity index (χ4n) is 3.00. The monoisotopic (exact) mass is 499 g/mol. The molecule has 1 saturated heterocycles. The molecule has 3 rings (SSSR count). The topological polar surface area (TPSA) is 155 Å². The van der Waals surface area contributed by atoms with Crippen molar-refractivity contribution in [1.82, 2.24) is 4.90 Å². The van der Waals surface area contributed by atoms with E-state index in [9.17, 15) is 33.8 Å². The number of nitro benzene ring substituents is 2. The third kappa shape index (κ3) is 7.65. The number of benzene rings is 2. The molecule has 35 heavy (non-hydrogen) atoms. The lowest BCUT2D eigenvalue weighted by molar-refractivity contribution is -0.385. The summed E-state index contributed by atoms with van der Waals surface area (Å²) in [6, 6.07) is 7.40. The van der Waals surface area contributed by atoms with Gasteiger partial charge >= 0.3 is 0 Å². The summed E-state index contributed by atoms with van der Waals surface area (Å²) in [5, 5.41) is 30.1. The summed E-state index contributed by atoms with van der Waals surface area (Å²) in [4.78, 5) is 33.1. The average Bonchev–Trinajstić information content (AvgIpc) is 2.82. The van der Waals surface area contributed by atoms with Crippen molar-refractivity contribution in [3.8, 4) is 23.0 Å². The molecular weight excluding hydrogens is 476 g/mol. The van der Waals surface area contributed by atoms with Crippen molar-refractivity contribution < 1.29 is 42.7 Å². The van der Waals surface area contributed by atoms with Gasteiger partial charge in [-0.1, -0.05) is 0 Å². The second-order valence-electron chi connectivity index (χ2n) is 7.23. The Morgan fingerprint density at radius 3 is 1.97 bits per heavy atom. The van der Waals surface area contributed by atoms with E-state index in [1.165, 1.54) is 43.4 Å². The van der Waals surface area contributed by atoms with Gasteiger partial charge in [-0.05, 0) is 12.1 Å². The molecule has 2 aromatic carbocycles. The van der Waals surface area contributed by atoms with Crippen LogP contribution in [0.1, 0.15) is 12.8 Å². The van der Waals surface area contributed by atoms with Crippen LogP contribution in [0.5, 0.6) is 23.0 Å². The molecule has 0 spiro atoms. The van der Waals surface area contributed by atoms with Crippen LogP contribution in [0.4, 0.5) is 20.2 Å². The van der Waals surface area contributed by atoms with Gasteiger partial charge in [0.25, 0.3) is 23.2 Å². The second-order valence-corrected chi connectivity index (χ2v) is 7.23. The van der Waals surface area contributed by atoms with Crippen LogP contribution in [-0.2, 0) is 4.79 Å². The lowest BCUT2D eigenvalue weighted by atomic mass is 10.1. The SMILES string of the molecule is COc1ccc([N+](=O)[O-])cc1O.COc1ccc([N+](=O)[O-])cc1OCC(=O)N1CCC(F)(F)CC1. The number of hydrogen-bond donors (Lipinski definition) is 1. The van der Waals surface area contributed by atoms with Crippen LogP contribution in [0.3, 0.4) is 0 Å². The highest BCUT2D eigenvalue weighted by Gasteiger charge is 2.35. The van der Waals surface area contributed by atoms with Gasteiger partial charge in [0.1, 0.15) is 0 Å². The minimum Gasteiger partial charge on any atom is -0.504 e. The minimum atomic E-state index is -2.74. The fraction of sp³-hybridized carbons (Fsp3) is 0.381. The lowest BCUT2D eigenvalue weighted by Crippen LogP contribution is -2.44. The van der Waals surface area contributed by atoms with Gasteiger partial charge in [-0.3, -0.25) is 25.0 Å². The Labute approximate surface area is 197 Å². The average molecular weight is 499 g/mol. The van der Waals surface area contributed by atoms with E-state index in [1.54, 1.807) is 0 Å². The van der Waals surface area contributed by atoms with Crippen LogP contribution in [0.25, 0.3) is 0 Å². The molecule has 0 bridgehead atoms. The van der Waals surface area contributed by atoms with Crippen LogP contribution in [0, 0.1) is 20.2 Å². The van der Waals surface area contributed by atoms with Crippen molar-refractivity contribution >= 4 is 17.3 Å². The first kappa shape index (κ1) is 27.0. The molecule has 190 valence electrons. The highest BCUT2D eigenvalue weighted by Crippen LogP contribution is 2.32. The number of non-ortho nitro benzene ring substituents is 2. The maximum absolute atomic E-state index is 13.1. The number of hydrogen-bond acceptors (Lipinski definition) is 9. The van der Waals surface area contributed by atoms with Gasteiger partial charge in [-0.15, -0.1) is 0 Å². The largest absolute Gasteiger partial charge is 0.504 e. The third-order valence-electron chi connectivity index (χ3n) is 4.93. The number of amides is 1. The van der Waals surface area contributed by atoms with E-state index in [4.69, 9.17) is 19.3 Å². The van der Waals surface area contributed by atoms with Gasteiger partial charge in [0.15, 0.2) is 29.6 Å². The molecule has 0 atom stereocenters. The Morgan fingerprint density at radius 1 is 0.971 bits per heavy atom. The summed E-state index contributed by atoms with van der Waals surface area (Å²) in [7, 11) is 2.74. The first-order valence-electron chi connectivity index (χ1n) is 10.1. The first-order valence-corrected chi connectivity index (χ1v) is 10.1. The molecule has 1 aliphatic rings. The Balaban J connectivity index is 0.000000303. The second kappa shape index (κ2) is 11.8. The predicted molar refractivity (Wildman–Crippen MR) is 117 cm³/mol. The van der Waals surface area contributed by atoms with Crippen molar-refractivity contribution in [2.24, 2.45) is 0 Å². The van der Waals surface area contributed by atoms with Crippen molar-refractivity contribution in [2.45, 2.75) is 18.8 Å². The molecule has 0 unspecified atom stereocenters. The van der Waals surface area contributed by atoms with E-state index < -0.39 is 28.3 Å². The zero-order valence-electron chi connectivity index (χ0n) is 18.8. The number of likely N-dealkylation sites (tertiary alicyclic amines) is 1. The number of phenols is 1. The predicted octanol–water partition coefficient (Wildman–Crippen LogP) is 3.55. The minimum absolute atomic E-state index is 0.0404. The number of rotatable bonds is 7. The summed E-state index contributed by atoms with van der Waals surface area (Å²) in [5.41, 5.74) is -0.362. The van der Waals surface area contributed by atoms with E-state index >= 15 is 0 Å². The van der Waals surface area contributed by atoms with Crippen LogP contribution in [0.2, 0.25) is 0 Å². The molecule has 0 saturated carbocycles. The normalized spacial score (nSPS) is 14.2. The van der Waals surface area contributed by atoms with Crippen molar-refractivity contribution in [3.05, 3.63) is 56.6 Å². The molecule has 0 aliphatic carbocycles. The zero-order valence-corrected chi connectivity index (χ0v) is 18.8. The Hall–Kier alpha value is -4.23. The Kier molecular flexibility index (Phi) is 9.08. The Morgan fingerprint density at radius 2 is 1.49 bits per heavy atom. The first-order chi connectivity index (χ1) is 16.5. The van der Waals surface area contributed by atoms with Crippen molar-refractivity contribution in [1.29, 1.82) is 0 Å². The molecule has 1 amide bonds. The summed E-state index contributed by atoms with van der Waals surface area (Å²) in [6.45, 7) is -0.481. The summed E-state index contributed by atoms with van der Waals surface area (Å²) >= 11 is 0. The number of aromatic hydroxyl groups is 1. The van der Waals surface area contributed by atoms with Gasteiger partial charge in [-0.2, -0.15) is 0 Å². The van der Waals surface area contributed by atoms with Gasteiger partial charge in [0, 0.05) is 38.1 Å². The quantitative estimate of drug-likeness (QED) is 0.445. The zero-order chi connectivity index (χ0) is 26.2. The van der Waals surface area contributed by atoms with Crippen LogP contribution >= 0.6 is 0 Å². The number of halogens is 2. The third-order valence-corrected chi connectivity index (χ3v) is 4.93. The van der Waals surface area contributed by atoms with Gasteiger partial charge in [0.2, 0.25) is 0 Å². The highest BCUT2D eigenvalue weighted by molar-refractivity contribution is 5.78. The van der Waals surface area contributed by atoms with E-state index in [-0.39, 0.29) is 60.3 Å². The molecule has 14 heteroatoms. The standard InChI is InChI=1S/C14H16F2N2O5.C7H7NO4/c1-22-11-3-2-10(18(20)21)8-12(11)23-9-13(19)17-6-4-14(15,16)5-7-17;1-12-7-3-2-5(8(10)11)4-6(7)9/h2-3,8H,4-7,9H2,1H3;2-4,9H,1H3. The van der Waals surface area contributed by atoms with Crippen LogP contribution < -0.4 is 14.2 Å². The van der Waals surface area contributed by atoms with Gasteiger partial charge < -0.3 is 24.2 Å². The molecule has 0 aromatic heterocycles. The molecule has 12 nitrogen and oxygen atoms in total. The lowest BCUT2D eigenvalue weighted by Gasteiger charge is -2.31. The number of carbonyl (C=O) groups excluding carboxylic acids is 1. The molecule has 1 N–H and O–H groups in total. The Bertz CT molecular complexity index is 1070. The van der Waals surface area contributed by atoms with E-state index in [1.807, 2.05) is 0 Å². The number of nitrogens with zero attached hydrogens (tertiary/aromatic N) is 3. The molecule has 1 fully saturated rings. The molecule has 2 aromatic rings. The number of carbonyl (C=O) groups is 1. The molecule has 1 heterocycles. The number of phenolic OH excluding ortho intramolecular Hbond substituents is 1. The maximum atomic E-state index is 13.1. The van der Waals surface area contributed by atoms with E-state index in [0.29, 0.717) is 0 Å².